The van der Waals surface area contributed by atoms with Crippen molar-refractivity contribution < 1.29 is 4.39 Å². The normalized spacial score (nSPS) is 17.8. The largest absolute Gasteiger partial charge is 0.317 e. The Bertz CT molecular complexity index is 403. The lowest BCUT2D eigenvalue weighted by molar-refractivity contribution is 0.174. The Morgan fingerprint density at radius 2 is 2.11 bits per heavy atom. The molecule has 0 amide bonds. The molecule has 0 atom stereocenters. The van der Waals surface area contributed by atoms with Crippen molar-refractivity contribution in [3.63, 3.8) is 0 Å². The third-order valence-electron chi connectivity index (χ3n) is 3.82. The molecule has 0 saturated carbocycles. The standard InChI is InChI=1S/C15H22ClFN2/c1-2-18-10-12-6-8-19(9-7-12)11-13-4-3-5-14(16)15(13)17/h3-5,12,18H,2,6-11H2,1H3. The van der Waals surface area contributed by atoms with E-state index in [0.717, 1.165) is 32.1 Å². The molecule has 2 nitrogen and oxygen atoms in total. The van der Waals surface area contributed by atoms with Crippen molar-refractivity contribution in [2.75, 3.05) is 26.2 Å². The fraction of sp³-hybridized carbons (Fsp3) is 0.600. The number of likely N-dealkylation sites (tertiary alicyclic amines) is 1. The fourth-order valence-electron chi connectivity index (χ4n) is 2.61. The van der Waals surface area contributed by atoms with Crippen LogP contribution in [0.4, 0.5) is 4.39 Å². The molecule has 0 aromatic heterocycles. The second-order valence-electron chi connectivity index (χ2n) is 5.24. The first-order valence-corrected chi connectivity index (χ1v) is 7.44. The van der Waals surface area contributed by atoms with Crippen LogP contribution in [-0.2, 0) is 6.54 Å². The molecule has 0 unspecified atom stereocenters. The van der Waals surface area contributed by atoms with Crippen molar-refractivity contribution in [1.29, 1.82) is 0 Å². The summed E-state index contributed by atoms with van der Waals surface area (Å²) in [5.41, 5.74) is 0.706. The van der Waals surface area contributed by atoms with E-state index in [1.165, 1.54) is 12.8 Å². The Labute approximate surface area is 119 Å². The Hall–Kier alpha value is -0.640. The summed E-state index contributed by atoms with van der Waals surface area (Å²) in [6.07, 6.45) is 2.38. The molecule has 0 radical (unpaired) electrons. The molecule has 1 N–H and O–H groups in total. The molecule has 0 aliphatic carbocycles. The molecule has 1 saturated heterocycles. The molecule has 1 aromatic carbocycles. The van der Waals surface area contributed by atoms with Crippen molar-refractivity contribution in [3.8, 4) is 0 Å². The second-order valence-corrected chi connectivity index (χ2v) is 5.65. The Balaban J connectivity index is 1.84. The van der Waals surface area contributed by atoms with Gasteiger partial charge >= 0.3 is 0 Å². The number of halogens is 2. The molecule has 1 aliphatic rings. The Kier molecular flexibility index (Phi) is 5.61. The van der Waals surface area contributed by atoms with Gasteiger partial charge in [0, 0.05) is 12.1 Å². The smallest absolute Gasteiger partial charge is 0.146 e. The van der Waals surface area contributed by atoms with E-state index in [9.17, 15) is 4.39 Å². The van der Waals surface area contributed by atoms with Crippen LogP contribution >= 0.6 is 11.6 Å². The summed E-state index contributed by atoms with van der Waals surface area (Å²) in [6, 6.07) is 5.24. The number of hydrogen-bond acceptors (Lipinski definition) is 2. The van der Waals surface area contributed by atoms with Crippen LogP contribution < -0.4 is 5.32 Å². The van der Waals surface area contributed by atoms with Crippen LogP contribution in [0.15, 0.2) is 18.2 Å². The number of nitrogens with one attached hydrogen (secondary N) is 1. The van der Waals surface area contributed by atoms with Crippen molar-refractivity contribution in [3.05, 3.63) is 34.6 Å². The van der Waals surface area contributed by atoms with E-state index in [4.69, 9.17) is 11.6 Å². The van der Waals surface area contributed by atoms with Gasteiger partial charge in [0.15, 0.2) is 0 Å². The molecule has 19 heavy (non-hydrogen) atoms. The number of nitrogens with zero attached hydrogens (tertiary/aromatic N) is 1. The Morgan fingerprint density at radius 1 is 1.37 bits per heavy atom. The number of benzene rings is 1. The molecule has 106 valence electrons. The average Bonchev–Trinajstić information content (AvgIpc) is 2.43. The summed E-state index contributed by atoms with van der Waals surface area (Å²) in [7, 11) is 0. The van der Waals surface area contributed by atoms with E-state index in [1.807, 2.05) is 12.1 Å². The van der Waals surface area contributed by atoms with Crippen LogP contribution in [0.1, 0.15) is 25.3 Å². The predicted molar refractivity (Wildman–Crippen MR) is 78.0 cm³/mol. The van der Waals surface area contributed by atoms with Crippen LogP contribution in [0.2, 0.25) is 5.02 Å². The lowest BCUT2D eigenvalue weighted by Crippen LogP contribution is -2.37. The van der Waals surface area contributed by atoms with Gasteiger partial charge in [0.1, 0.15) is 5.82 Å². The van der Waals surface area contributed by atoms with E-state index in [1.54, 1.807) is 6.07 Å². The number of rotatable bonds is 5. The quantitative estimate of drug-likeness (QED) is 0.892. The van der Waals surface area contributed by atoms with Gasteiger partial charge in [-0.15, -0.1) is 0 Å². The maximum Gasteiger partial charge on any atom is 0.146 e. The minimum atomic E-state index is -0.265. The third-order valence-corrected chi connectivity index (χ3v) is 4.11. The van der Waals surface area contributed by atoms with Crippen LogP contribution in [-0.4, -0.2) is 31.1 Å². The Morgan fingerprint density at radius 3 is 2.79 bits per heavy atom. The van der Waals surface area contributed by atoms with Crippen LogP contribution in [0.3, 0.4) is 0 Å². The lowest BCUT2D eigenvalue weighted by atomic mass is 9.96. The minimum Gasteiger partial charge on any atom is -0.317 e. The maximum absolute atomic E-state index is 13.8. The maximum atomic E-state index is 13.8. The zero-order valence-corrected chi connectivity index (χ0v) is 12.2. The van der Waals surface area contributed by atoms with Crippen LogP contribution in [0, 0.1) is 11.7 Å². The van der Waals surface area contributed by atoms with Crippen LogP contribution in [0.25, 0.3) is 0 Å². The zero-order chi connectivity index (χ0) is 13.7. The van der Waals surface area contributed by atoms with Crippen molar-refractivity contribution in [2.45, 2.75) is 26.3 Å². The first kappa shape index (κ1) is 14.8. The number of piperidine rings is 1. The average molecular weight is 285 g/mol. The summed E-state index contributed by atoms with van der Waals surface area (Å²) in [5, 5.41) is 3.62. The predicted octanol–water partition coefficient (Wildman–Crippen LogP) is 3.30. The monoisotopic (exact) mass is 284 g/mol. The first-order chi connectivity index (χ1) is 9.20. The molecule has 1 aliphatic heterocycles. The molecule has 1 fully saturated rings. The molecule has 1 aromatic rings. The molecular formula is C15H22ClFN2. The van der Waals surface area contributed by atoms with Gasteiger partial charge in [-0.2, -0.15) is 0 Å². The topological polar surface area (TPSA) is 15.3 Å². The van der Waals surface area contributed by atoms with Crippen LogP contribution in [0.5, 0.6) is 0 Å². The van der Waals surface area contributed by atoms with Gasteiger partial charge in [0.05, 0.1) is 5.02 Å². The lowest BCUT2D eigenvalue weighted by Gasteiger charge is -2.32. The summed E-state index contributed by atoms with van der Waals surface area (Å²) in [4.78, 5) is 2.32. The van der Waals surface area contributed by atoms with Crippen molar-refractivity contribution in [1.82, 2.24) is 10.2 Å². The van der Waals surface area contributed by atoms with Gasteiger partial charge in [0.25, 0.3) is 0 Å². The number of hydrogen-bond donors (Lipinski definition) is 1. The van der Waals surface area contributed by atoms with Gasteiger partial charge < -0.3 is 5.32 Å². The fourth-order valence-corrected chi connectivity index (χ4v) is 2.80. The van der Waals surface area contributed by atoms with Gasteiger partial charge in [-0.1, -0.05) is 30.7 Å². The summed E-state index contributed by atoms with van der Waals surface area (Å²) in [5.74, 6) is 0.499. The highest BCUT2D eigenvalue weighted by atomic mass is 35.5. The molecule has 0 spiro atoms. The molecular weight excluding hydrogens is 263 g/mol. The van der Waals surface area contributed by atoms with Gasteiger partial charge in [-0.05, 0) is 51.0 Å². The highest BCUT2D eigenvalue weighted by Gasteiger charge is 2.19. The highest BCUT2D eigenvalue weighted by molar-refractivity contribution is 6.30. The molecule has 0 bridgehead atoms. The van der Waals surface area contributed by atoms with Gasteiger partial charge in [-0.3, -0.25) is 4.90 Å². The minimum absolute atomic E-state index is 0.222. The van der Waals surface area contributed by atoms with Crippen molar-refractivity contribution >= 4 is 11.6 Å². The molecule has 1 heterocycles. The van der Waals surface area contributed by atoms with E-state index < -0.39 is 0 Å². The molecule has 2 rings (SSSR count). The summed E-state index contributed by atoms with van der Waals surface area (Å²) < 4.78 is 13.8. The van der Waals surface area contributed by atoms with Gasteiger partial charge in [0.2, 0.25) is 0 Å². The molecule has 4 heteroatoms. The zero-order valence-electron chi connectivity index (χ0n) is 11.5. The van der Waals surface area contributed by atoms with E-state index >= 15 is 0 Å². The van der Waals surface area contributed by atoms with E-state index in [-0.39, 0.29) is 10.8 Å². The first-order valence-electron chi connectivity index (χ1n) is 7.06. The van der Waals surface area contributed by atoms with Gasteiger partial charge in [-0.25, -0.2) is 4.39 Å². The highest BCUT2D eigenvalue weighted by Crippen LogP contribution is 2.22. The summed E-state index contributed by atoms with van der Waals surface area (Å²) in [6.45, 7) is 7.03. The van der Waals surface area contributed by atoms with E-state index in [2.05, 4.69) is 17.1 Å². The third kappa shape index (κ3) is 4.16. The van der Waals surface area contributed by atoms with E-state index in [0.29, 0.717) is 12.1 Å². The SMILES string of the molecule is CCNCC1CCN(Cc2cccc(Cl)c2F)CC1. The van der Waals surface area contributed by atoms with Crippen molar-refractivity contribution in [2.24, 2.45) is 5.92 Å². The summed E-state index contributed by atoms with van der Waals surface area (Å²) >= 11 is 5.81. The second kappa shape index (κ2) is 7.22.